The van der Waals surface area contributed by atoms with Gasteiger partial charge in [0.1, 0.15) is 11.3 Å². The predicted octanol–water partition coefficient (Wildman–Crippen LogP) is 3.54. The highest BCUT2D eigenvalue weighted by atomic mass is 32.2. The molecule has 0 spiro atoms. The van der Waals surface area contributed by atoms with Gasteiger partial charge in [-0.05, 0) is 82.1 Å². The summed E-state index contributed by atoms with van der Waals surface area (Å²) in [4.78, 5) is 20.3. The number of fused-ring (bicyclic) bond motifs is 2. The first-order valence-corrected chi connectivity index (χ1v) is 17.5. The molecular formula is C33H46N8O4S. The van der Waals surface area contributed by atoms with E-state index in [-0.39, 0.29) is 11.7 Å². The number of aromatic amines is 2. The molecule has 12 nitrogen and oxygen atoms in total. The van der Waals surface area contributed by atoms with Crippen LogP contribution in [0.2, 0.25) is 0 Å². The first kappa shape index (κ1) is 33.6. The Hall–Kier alpha value is -3.78. The summed E-state index contributed by atoms with van der Waals surface area (Å²) in [5.74, 6) is 0.453. The van der Waals surface area contributed by atoms with Crippen molar-refractivity contribution in [3.8, 4) is 5.75 Å². The minimum absolute atomic E-state index is 0.0985. The summed E-state index contributed by atoms with van der Waals surface area (Å²) < 4.78 is 31.9. The smallest absolute Gasteiger partial charge is 0.255 e. The predicted molar refractivity (Wildman–Crippen MR) is 182 cm³/mol. The number of ether oxygens (including phenoxy) is 1. The van der Waals surface area contributed by atoms with Crippen molar-refractivity contribution in [3.63, 3.8) is 0 Å². The average molecular weight is 651 g/mol. The number of rotatable bonds is 12. The molecule has 2 saturated heterocycles. The van der Waals surface area contributed by atoms with Gasteiger partial charge in [-0.3, -0.25) is 14.8 Å². The number of carbonyl (C=O) groups is 1. The van der Waals surface area contributed by atoms with Gasteiger partial charge < -0.3 is 19.9 Å². The van der Waals surface area contributed by atoms with Gasteiger partial charge in [0, 0.05) is 61.9 Å². The highest BCUT2D eigenvalue weighted by Crippen LogP contribution is 2.25. The fraction of sp³-hybridized carbons (Fsp3) is 0.485. The molecule has 0 aliphatic carbocycles. The van der Waals surface area contributed by atoms with Crippen LogP contribution < -0.4 is 10.1 Å². The van der Waals surface area contributed by atoms with Crippen molar-refractivity contribution in [1.82, 2.24) is 39.8 Å². The number of nitrogens with zero attached hydrogens (tertiary/aromatic N) is 5. The quantitative estimate of drug-likeness (QED) is 0.198. The lowest BCUT2D eigenvalue weighted by molar-refractivity contribution is 0.0939. The summed E-state index contributed by atoms with van der Waals surface area (Å²) in [6.07, 6.45) is 9.09. The second kappa shape index (κ2) is 15.2. The van der Waals surface area contributed by atoms with Gasteiger partial charge in [0.25, 0.3) is 5.91 Å². The number of likely N-dealkylation sites (tertiary alicyclic amines) is 1. The van der Waals surface area contributed by atoms with Crippen molar-refractivity contribution < 1.29 is 17.9 Å². The van der Waals surface area contributed by atoms with E-state index >= 15 is 0 Å². The maximum Gasteiger partial charge on any atom is 0.255 e. The third kappa shape index (κ3) is 8.13. The number of aromatic nitrogens is 4. The summed E-state index contributed by atoms with van der Waals surface area (Å²) in [5.41, 5.74) is 5.05. The number of hydrogen-bond acceptors (Lipinski definition) is 8. The molecule has 13 heteroatoms. The molecule has 4 aromatic rings. The van der Waals surface area contributed by atoms with Crippen LogP contribution in [0, 0.1) is 0 Å². The first-order valence-electron chi connectivity index (χ1n) is 15.9. The van der Waals surface area contributed by atoms with E-state index in [1.807, 2.05) is 30.5 Å². The molecule has 2 aromatic heterocycles. The normalized spacial score (nSPS) is 17.4. The number of likely N-dealkylation sites (N-methyl/N-ethyl adjacent to an activating group) is 1. The molecule has 1 atom stereocenters. The zero-order valence-electron chi connectivity index (χ0n) is 27.1. The van der Waals surface area contributed by atoms with Crippen molar-refractivity contribution in [2.75, 3.05) is 60.5 Å². The Labute approximate surface area is 271 Å². The molecule has 2 aliphatic rings. The fourth-order valence-corrected chi connectivity index (χ4v) is 7.79. The summed E-state index contributed by atoms with van der Waals surface area (Å²) in [7, 11) is 2.47. The number of hydrogen-bond donors (Lipinski definition) is 3. The van der Waals surface area contributed by atoms with Crippen molar-refractivity contribution in [1.29, 1.82) is 0 Å². The van der Waals surface area contributed by atoms with Gasteiger partial charge in [0.05, 0.1) is 23.9 Å². The Kier molecular flexibility index (Phi) is 11.1. The highest BCUT2D eigenvalue weighted by molar-refractivity contribution is 7.88. The van der Waals surface area contributed by atoms with Crippen molar-refractivity contribution in [2.24, 2.45) is 0 Å². The summed E-state index contributed by atoms with van der Waals surface area (Å²) in [5, 5.41) is 14.6. The maximum absolute atomic E-state index is 12.5. The second-order valence-corrected chi connectivity index (χ2v) is 14.2. The number of benzene rings is 2. The van der Waals surface area contributed by atoms with Crippen LogP contribution in [0.5, 0.6) is 5.75 Å². The monoisotopic (exact) mass is 650 g/mol. The topological polar surface area (TPSA) is 140 Å². The van der Waals surface area contributed by atoms with Crippen LogP contribution in [0.3, 0.4) is 0 Å². The van der Waals surface area contributed by atoms with Crippen LogP contribution >= 0.6 is 0 Å². The van der Waals surface area contributed by atoms with Crippen molar-refractivity contribution in [2.45, 2.75) is 43.9 Å². The Bertz CT molecular complexity index is 1740. The molecule has 3 N–H and O–H groups in total. The molecule has 248 valence electrons. The van der Waals surface area contributed by atoms with E-state index in [1.165, 1.54) is 5.56 Å². The minimum Gasteiger partial charge on any atom is -0.496 e. The molecule has 0 saturated carbocycles. The number of nitrogens with one attached hydrogen (secondary N) is 3. The number of amides is 1. The van der Waals surface area contributed by atoms with Crippen LogP contribution in [0.1, 0.15) is 47.2 Å². The molecule has 1 amide bonds. The standard InChI is InChI=1S/C17H25N3O2S.C16H21N5O2/c1-19(2)10-7-15-12-18-17-6-5-14(11-16(15)17)13-23(21,22)20-8-3-4-9-20;1-3-6-21-7-4-5-11(21)10-17-16(22)12-8-13-14(19-20-18-13)9-15(12)23-2/h5-6,11-12,18H,3-4,7-10,13H2,1-2H3;3,8-9,11H,1,4-7,10H2,2H3,(H,17,22)(H,18,19,20). The Morgan fingerprint density at radius 2 is 1.96 bits per heavy atom. The molecule has 46 heavy (non-hydrogen) atoms. The minimum atomic E-state index is -3.19. The van der Waals surface area contributed by atoms with Gasteiger partial charge in [-0.2, -0.15) is 0 Å². The SMILES string of the molecule is C=CCN1CCCC1CNC(=O)c1cc2nn[nH]c2cc1OC.CN(C)CCc1c[nH]c2ccc(CS(=O)(=O)N3CCCC3)cc12. The molecule has 1 unspecified atom stereocenters. The van der Waals surface area contributed by atoms with Crippen LogP contribution in [-0.2, 0) is 22.2 Å². The number of carbonyl (C=O) groups excluding carboxylic acids is 1. The molecule has 4 heterocycles. The summed E-state index contributed by atoms with van der Waals surface area (Å²) in [6, 6.07) is 9.74. The third-order valence-electron chi connectivity index (χ3n) is 8.72. The van der Waals surface area contributed by atoms with Crippen LogP contribution in [-0.4, -0.2) is 115 Å². The third-order valence-corrected chi connectivity index (χ3v) is 10.6. The Morgan fingerprint density at radius 3 is 2.70 bits per heavy atom. The van der Waals surface area contributed by atoms with Crippen LogP contribution in [0.15, 0.2) is 49.2 Å². The van der Waals surface area contributed by atoms with E-state index in [1.54, 1.807) is 23.5 Å². The van der Waals surface area contributed by atoms with E-state index in [0.29, 0.717) is 42.5 Å². The second-order valence-electron chi connectivity index (χ2n) is 12.3. The number of methoxy groups -OCH3 is 1. The van der Waals surface area contributed by atoms with Gasteiger partial charge >= 0.3 is 0 Å². The van der Waals surface area contributed by atoms with E-state index in [4.69, 9.17) is 4.74 Å². The van der Waals surface area contributed by atoms with Crippen LogP contribution in [0.25, 0.3) is 21.9 Å². The lowest BCUT2D eigenvalue weighted by Crippen LogP contribution is -2.40. The number of sulfonamides is 1. The largest absolute Gasteiger partial charge is 0.496 e. The van der Waals surface area contributed by atoms with Gasteiger partial charge in [0.15, 0.2) is 0 Å². The molecular weight excluding hydrogens is 604 g/mol. The zero-order chi connectivity index (χ0) is 32.7. The van der Waals surface area contributed by atoms with Gasteiger partial charge in [-0.15, -0.1) is 11.7 Å². The lowest BCUT2D eigenvalue weighted by atomic mass is 10.1. The molecule has 2 aliphatic heterocycles. The maximum atomic E-state index is 12.5. The van der Waals surface area contributed by atoms with E-state index in [2.05, 4.69) is 56.2 Å². The highest BCUT2D eigenvalue weighted by Gasteiger charge is 2.26. The number of H-pyrrole nitrogens is 2. The zero-order valence-corrected chi connectivity index (χ0v) is 27.9. The Balaban J connectivity index is 0.000000181. The van der Waals surface area contributed by atoms with E-state index in [9.17, 15) is 13.2 Å². The van der Waals surface area contributed by atoms with Gasteiger partial charge in [0.2, 0.25) is 10.0 Å². The molecule has 2 fully saturated rings. The van der Waals surface area contributed by atoms with Gasteiger partial charge in [-0.1, -0.05) is 17.4 Å². The van der Waals surface area contributed by atoms with Crippen molar-refractivity contribution in [3.05, 3.63) is 65.9 Å². The average Bonchev–Trinajstić information content (AvgIpc) is 3.86. The first-order chi connectivity index (χ1) is 22.2. The molecule has 0 radical (unpaired) electrons. The Morgan fingerprint density at radius 1 is 1.15 bits per heavy atom. The van der Waals surface area contributed by atoms with E-state index in [0.717, 1.165) is 73.7 Å². The summed E-state index contributed by atoms with van der Waals surface area (Å²) >= 11 is 0. The molecule has 6 rings (SSSR count). The van der Waals surface area contributed by atoms with E-state index < -0.39 is 10.0 Å². The fourth-order valence-electron chi connectivity index (χ4n) is 6.19. The molecule has 2 aromatic carbocycles. The van der Waals surface area contributed by atoms with Gasteiger partial charge in [-0.25, -0.2) is 12.7 Å². The molecule has 0 bridgehead atoms. The van der Waals surface area contributed by atoms with Crippen LogP contribution in [0.4, 0.5) is 0 Å². The lowest BCUT2D eigenvalue weighted by Gasteiger charge is -2.23. The summed E-state index contributed by atoms with van der Waals surface area (Å²) in [6.45, 7) is 8.63. The van der Waals surface area contributed by atoms with Crippen molar-refractivity contribution >= 4 is 37.9 Å².